The third kappa shape index (κ3) is 2.46. The summed E-state index contributed by atoms with van der Waals surface area (Å²) in [6.45, 7) is 4.20. The van der Waals surface area contributed by atoms with Gasteiger partial charge < -0.3 is 10.2 Å². The molecule has 0 aliphatic carbocycles. The monoisotopic (exact) mass is 282 g/mol. The molecule has 0 heterocycles. The van der Waals surface area contributed by atoms with Gasteiger partial charge in [0, 0.05) is 5.41 Å². The van der Waals surface area contributed by atoms with Crippen LogP contribution >= 0.6 is 0 Å². The molecule has 0 saturated heterocycles. The first-order valence-corrected chi connectivity index (χ1v) is 6.93. The topological polar surface area (TPSA) is 40.5 Å². The summed E-state index contributed by atoms with van der Waals surface area (Å²) in [4.78, 5) is 0. The van der Waals surface area contributed by atoms with E-state index in [2.05, 4.69) is 34.3 Å². The third-order valence-corrected chi connectivity index (χ3v) is 4.72. The Morgan fingerprint density at radius 1 is 0.842 bits per heavy atom. The number of hydrogen-bond donors (Lipinski definition) is 2. The van der Waals surface area contributed by atoms with Crippen LogP contribution in [0.1, 0.15) is 25.0 Å². The average molecular weight is 282 g/mol. The van der Waals surface area contributed by atoms with Gasteiger partial charge in [0.15, 0.2) is 0 Å². The predicted octanol–water partition coefficient (Wildman–Crippen LogP) is 1.01. The minimum absolute atomic E-state index is 0.201. The Balaban J connectivity index is 2.56. The van der Waals surface area contributed by atoms with Crippen LogP contribution in [0.4, 0.5) is 0 Å². The van der Waals surface area contributed by atoms with Gasteiger partial charge in [-0.2, -0.15) is 0 Å². The van der Waals surface area contributed by atoms with Crippen LogP contribution in [0.25, 0.3) is 0 Å². The maximum atomic E-state index is 9.68. The van der Waals surface area contributed by atoms with Gasteiger partial charge in [-0.05, 0) is 34.5 Å². The van der Waals surface area contributed by atoms with Crippen LogP contribution in [0.2, 0.25) is 0 Å². The maximum absolute atomic E-state index is 9.68. The van der Waals surface area contributed by atoms with Crippen molar-refractivity contribution in [3.8, 4) is 11.5 Å². The molecule has 94 valence electrons. The molecule has 0 bridgehead atoms. The number of benzene rings is 2. The molecule has 0 aliphatic heterocycles. The lowest BCUT2D eigenvalue weighted by molar-refractivity contribution is 0.474. The first-order chi connectivity index (χ1) is 8.84. The quantitative estimate of drug-likeness (QED) is 0.807. The minimum Gasteiger partial charge on any atom is -0.508 e. The summed E-state index contributed by atoms with van der Waals surface area (Å²) in [5.41, 5.74) is 1.89. The fraction of sp³-hybridized carbons (Fsp3) is 0.200. The molecule has 0 spiro atoms. The van der Waals surface area contributed by atoms with Gasteiger partial charge in [0.05, 0.1) is 20.5 Å². The van der Waals surface area contributed by atoms with E-state index >= 15 is 0 Å². The van der Waals surface area contributed by atoms with E-state index in [1.54, 1.807) is 18.2 Å². The zero-order valence-corrected chi connectivity index (χ0v) is 12.9. The second-order valence-corrected chi connectivity index (χ2v) is 6.05. The molecule has 19 heavy (non-hydrogen) atoms. The normalized spacial score (nSPS) is 11.6. The number of hydrogen-bond acceptors (Lipinski definition) is 2. The van der Waals surface area contributed by atoms with Crippen molar-refractivity contribution < 1.29 is 10.2 Å². The molecule has 0 amide bonds. The van der Waals surface area contributed by atoms with Gasteiger partial charge in [-0.15, -0.1) is 0 Å². The highest BCUT2D eigenvalue weighted by atomic mass is 28.2. The SMILES string of the molecule is CC(C)(c1ccc(O)cc1)c1ccc(O)c([Si])c1[Si]. The Kier molecular flexibility index (Phi) is 3.56. The molecule has 6 radical (unpaired) electrons. The Hall–Kier alpha value is -1.53. The molecule has 0 unspecified atom stereocenters. The second kappa shape index (κ2) is 4.87. The number of rotatable bonds is 2. The maximum Gasteiger partial charge on any atom is 0.115 e. The first kappa shape index (κ1) is 13.9. The largest absolute Gasteiger partial charge is 0.508 e. The van der Waals surface area contributed by atoms with Crippen molar-refractivity contribution in [1.29, 1.82) is 0 Å². The molecular formula is C15H14O2Si2. The molecule has 2 aromatic rings. The smallest absolute Gasteiger partial charge is 0.115 e. The van der Waals surface area contributed by atoms with E-state index in [0.717, 1.165) is 16.3 Å². The van der Waals surface area contributed by atoms with Crippen molar-refractivity contribution in [3.63, 3.8) is 0 Å². The Labute approximate surface area is 120 Å². The van der Waals surface area contributed by atoms with Crippen molar-refractivity contribution >= 4 is 30.9 Å². The van der Waals surface area contributed by atoms with E-state index in [1.165, 1.54) is 0 Å². The Bertz CT molecular complexity index is 604. The third-order valence-electron chi connectivity index (χ3n) is 3.45. The summed E-state index contributed by atoms with van der Waals surface area (Å²) in [5, 5.41) is 20.5. The van der Waals surface area contributed by atoms with Crippen LogP contribution in [0.3, 0.4) is 0 Å². The van der Waals surface area contributed by atoms with E-state index in [0.29, 0.717) is 5.19 Å². The van der Waals surface area contributed by atoms with Gasteiger partial charge in [-0.3, -0.25) is 0 Å². The average Bonchev–Trinajstić information content (AvgIpc) is 2.36. The van der Waals surface area contributed by atoms with E-state index < -0.39 is 0 Å². The van der Waals surface area contributed by atoms with Gasteiger partial charge in [-0.25, -0.2) is 0 Å². The fourth-order valence-corrected chi connectivity index (χ4v) is 2.89. The molecule has 2 nitrogen and oxygen atoms in total. The summed E-state index contributed by atoms with van der Waals surface area (Å²) >= 11 is 0. The van der Waals surface area contributed by atoms with Gasteiger partial charge in [0.25, 0.3) is 0 Å². The standard InChI is InChI=1S/C15H14O2Si2/c1-15(2,9-3-5-10(16)6-4-9)11-7-8-12(17)14(19)13(11)18/h3-8,16-17H,1-2H3. The van der Waals surface area contributed by atoms with Gasteiger partial charge in [0.2, 0.25) is 0 Å². The van der Waals surface area contributed by atoms with E-state index in [9.17, 15) is 10.2 Å². The highest BCUT2D eigenvalue weighted by Gasteiger charge is 2.25. The highest BCUT2D eigenvalue weighted by Crippen LogP contribution is 2.31. The van der Waals surface area contributed by atoms with Gasteiger partial charge in [0.1, 0.15) is 11.5 Å². The van der Waals surface area contributed by atoms with Crippen LogP contribution in [-0.4, -0.2) is 30.7 Å². The molecule has 0 aliphatic rings. The fourth-order valence-electron chi connectivity index (χ4n) is 2.15. The van der Waals surface area contributed by atoms with Crippen LogP contribution in [0.5, 0.6) is 11.5 Å². The van der Waals surface area contributed by atoms with Crippen molar-refractivity contribution in [3.05, 3.63) is 47.5 Å². The predicted molar refractivity (Wildman–Crippen MR) is 79.1 cm³/mol. The van der Waals surface area contributed by atoms with Crippen LogP contribution in [-0.2, 0) is 5.41 Å². The summed E-state index contributed by atoms with van der Waals surface area (Å²) in [7, 11) is 7.00. The second-order valence-electron chi connectivity index (χ2n) is 5.05. The van der Waals surface area contributed by atoms with Crippen LogP contribution in [0.15, 0.2) is 36.4 Å². The Morgan fingerprint density at radius 3 is 2.00 bits per heavy atom. The highest BCUT2D eigenvalue weighted by molar-refractivity contribution is 6.50. The molecule has 4 heteroatoms. The zero-order chi connectivity index (χ0) is 14.2. The molecule has 2 aromatic carbocycles. The lowest BCUT2D eigenvalue weighted by atomic mass is 9.78. The molecule has 2 N–H and O–H groups in total. The minimum atomic E-state index is -0.250. The van der Waals surface area contributed by atoms with E-state index in [1.807, 2.05) is 18.2 Å². The number of phenols is 2. The summed E-state index contributed by atoms with van der Waals surface area (Å²) in [6.07, 6.45) is 0. The molecule has 0 saturated carbocycles. The van der Waals surface area contributed by atoms with Crippen LogP contribution in [0, 0.1) is 0 Å². The molecule has 0 fully saturated rings. The molecular weight excluding hydrogens is 268 g/mol. The molecule has 0 atom stereocenters. The summed E-state index contributed by atoms with van der Waals surface area (Å²) in [6, 6.07) is 10.7. The Morgan fingerprint density at radius 2 is 1.42 bits per heavy atom. The summed E-state index contributed by atoms with van der Waals surface area (Å²) in [5.74, 6) is 0.455. The zero-order valence-electron chi connectivity index (χ0n) is 10.9. The van der Waals surface area contributed by atoms with Gasteiger partial charge in [-0.1, -0.05) is 37.2 Å². The lowest BCUT2D eigenvalue weighted by Gasteiger charge is -2.29. The molecule has 0 aromatic heterocycles. The first-order valence-electron chi connectivity index (χ1n) is 5.93. The van der Waals surface area contributed by atoms with Crippen LogP contribution < -0.4 is 10.4 Å². The van der Waals surface area contributed by atoms with Crippen molar-refractivity contribution in [1.82, 2.24) is 0 Å². The summed E-state index contributed by atoms with van der Waals surface area (Å²) < 4.78 is 0. The lowest BCUT2D eigenvalue weighted by Crippen LogP contribution is -2.36. The van der Waals surface area contributed by atoms with Crippen molar-refractivity contribution in [2.75, 3.05) is 0 Å². The van der Waals surface area contributed by atoms with Crippen molar-refractivity contribution in [2.24, 2.45) is 0 Å². The van der Waals surface area contributed by atoms with E-state index in [4.69, 9.17) is 0 Å². The van der Waals surface area contributed by atoms with Gasteiger partial charge >= 0.3 is 0 Å². The number of phenolic OH excluding ortho intramolecular Hbond substituents is 2. The molecule has 2 rings (SSSR count). The van der Waals surface area contributed by atoms with E-state index in [-0.39, 0.29) is 16.9 Å². The van der Waals surface area contributed by atoms with Crippen molar-refractivity contribution in [2.45, 2.75) is 19.3 Å². The number of aromatic hydroxyl groups is 2.